The maximum absolute atomic E-state index is 13.0. The van der Waals surface area contributed by atoms with Crippen molar-refractivity contribution in [2.45, 2.75) is 45.8 Å². The summed E-state index contributed by atoms with van der Waals surface area (Å²) in [5.41, 5.74) is 8.49. The predicted molar refractivity (Wildman–Crippen MR) is 148 cm³/mol. The third-order valence-corrected chi connectivity index (χ3v) is 7.01. The van der Waals surface area contributed by atoms with Gasteiger partial charge < -0.3 is 25.7 Å². The summed E-state index contributed by atoms with van der Waals surface area (Å²) >= 11 is 0. The van der Waals surface area contributed by atoms with Gasteiger partial charge in [-0.15, -0.1) is 0 Å². The summed E-state index contributed by atoms with van der Waals surface area (Å²) in [6.07, 6.45) is 0.273. The molecule has 3 aromatic rings. The van der Waals surface area contributed by atoms with E-state index in [1.807, 2.05) is 31.2 Å². The molecule has 0 aliphatic carbocycles. The van der Waals surface area contributed by atoms with Crippen LogP contribution in [0.3, 0.4) is 0 Å². The first-order valence-electron chi connectivity index (χ1n) is 13.0. The Bertz CT molecular complexity index is 1380. The Morgan fingerprint density at radius 3 is 2.58 bits per heavy atom. The van der Waals surface area contributed by atoms with Crippen LogP contribution in [0.2, 0.25) is 0 Å². The number of nitrogens with one attached hydrogen (secondary N) is 2. The lowest BCUT2D eigenvalue weighted by Gasteiger charge is -2.38. The maximum atomic E-state index is 13.0. The number of hydrogen-bond donors (Lipinski definition) is 3. The molecule has 1 fully saturated rings. The van der Waals surface area contributed by atoms with Crippen molar-refractivity contribution in [1.29, 1.82) is 0 Å². The van der Waals surface area contributed by atoms with E-state index < -0.39 is 11.3 Å². The monoisotopic (exact) mass is 520 g/mol. The van der Waals surface area contributed by atoms with Crippen molar-refractivity contribution >= 4 is 28.7 Å². The van der Waals surface area contributed by atoms with Crippen molar-refractivity contribution in [1.82, 2.24) is 25.1 Å². The van der Waals surface area contributed by atoms with Gasteiger partial charge in [-0.25, -0.2) is 4.98 Å². The highest BCUT2D eigenvalue weighted by Gasteiger charge is 2.25. The number of nitrogen functional groups attached to an aromatic ring is 1. The summed E-state index contributed by atoms with van der Waals surface area (Å²) in [5, 5.41) is 5.85. The van der Waals surface area contributed by atoms with Gasteiger partial charge >= 0.3 is 0 Å². The fourth-order valence-corrected chi connectivity index (χ4v) is 4.95. The first-order chi connectivity index (χ1) is 18.2. The average Bonchev–Trinajstić information content (AvgIpc) is 2.92. The van der Waals surface area contributed by atoms with Crippen molar-refractivity contribution in [2.75, 3.05) is 39.1 Å². The minimum Gasteiger partial charge on any atom is -0.384 e. The first kappa shape index (κ1) is 27.3. The number of aryl methyl sites for hydroxylation is 1. The Morgan fingerprint density at radius 2 is 1.92 bits per heavy atom. The lowest BCUT2D eigenvalue weighted by molar-refractivity contribution is -0.121. The molecule has 1 aromatic carbocycles. The Kier molecular flexibility index (Phi) is 8.43. The molecule has 1 saturated heterocycles. The van der Waals surface area contributed by atoms with Gasteiger partial charge in [0, 0.05) is 38.3 Å². The van der Waals surface area contributed by atoms with Crippen LogP contribution in [0, 0.1) is 0 Å². The molecule has 0 radical (unpaired) electrons. The molecule has 2 aromatic heterocycles. The summed E-state index contributed by atoms with van der Waals surface area (Å²) in [7, 11) is 1.46. The molecule has 202 valence electrons. The van der Waals surface area contributed by atoms with Crippen molar-refractivity contribution in [2.24, 2.45) is 0 Å². The average molecular weight is 521 g/mol. The molecule has 2 amide bonds. The highest BCUT2D eigenvalue weighted by molar-refractivity contribution is 6.01. The smallest absolute Gasteiger partial charge is 0.258 e. The number of anilines is 1. The van der Waals surface area contributed by atoms with Gasteiger partial charge in [-0.05, 0) is 38.5 Å². The number of rotatable bonds is 8. The van der Waals surface area contributed by atoms with Crippen LogP contribution in [0.5, 0.6) is 0 Å². The molecule has 10 nitrogen and oxygen atoms in total. The van der Waals surface area contributed by atoms with Crippen molar-refractivity contribution in [3.8, 4) is 11.3 Å². The van der Waals surface area contributed by atoms with E-state index in [1.165, 1.54) is 7.05 Å². The van der Waals surface area contributed by atoms with Crippen LogP contribution in [0.15, 0.2) is 41.2 Å². The van der Waals surface area contributed by atoms with E-state index in [0.29, 0.717) is 42.5 Å². The molecule has 3 heterocycles. The molecule has 1 atom stereocenters. The number of pyridine rings is 2. The van der Waals surface area contributed by atoms with Gasteiger partial charge in [0.05, 0.1) is 36.8 Å². The zero-order valence-corrected chi connectivity index (χ0v) is 22.4. The third-order valence-electron chi connectivity index (χ3n) is 7.01. The largest absolute Gasteiger partial charge is 0.384 e. The zero-order chi connectivity index (χ0) is 27.4. The van der Waals surface area contributed by atoms with Gasteiger partial charge in [0.25, 0.3) is 5.91 Å². The van der Waals surface area contributed by atoms with Gasteiger partial charge in [-0.1, -0.05) is 24.3 Å². The van der Waals surface area contributed by atoms with Crippen LogP contribution in [0.4, 0.5) is 5.82 Å². The number of nitrogens with zero attached hydrogens (tertiary/aromatic N) is 3. The second-order valence-electron chi connectivity index (χ2n) is 9.72. The summed E-state index contributed by atoms with van der Waals surface area (Å²) in [4.78, 5) is 44.9. The predicted octanol–water partition coefficient (Wildman–Crippen LogP) is 1.79. The number of ether oxygens (including phenoxy) is 1. The van der Waals surface area contributed by atoms with Crippen LogP contribution in [0.25, 0.3) is 22.3 Å². The molecule has 38 heavy (non-hydrogen) atoms. The molecule has 4 N–H and O–H groups in total. The first-order valence-corrected chi connectivity index (χ1v) is 13.0. The molecule has 1 aliphatic heterocycles. The summed E-state index contributed by atoms with van der Waals surface area (Å²) in [5.74, 6) is -0.471. The molecule has 0 spiro atoms. The summed E-state index contributed by atoms with van der Waals surface area (Å²) in [6, 6.07) is 11.6. The second kappa shape index (κ2) is 11.7. The third kappa shape index (κ3) is 5.56. The number of carbonyl (C=O) groups excluding carboxylic acids is 2. The Hall–Kier alpha value is -3.76. The van der Waals surface area contributed by atoms with E-state index in [1.54, 1.807) is 16.7 Å². The van der Waals surface area contributed by atoms with E-state index in [4.69, 9.17) is 15.5 Å². The van der Waals surface area contributed by atoms with Crippen molar-refractivity contribution in [3.63, 3.8) is 0 Å². The molecular formula is C28H36N6O4. The maximum Gasteiger partial charge on any atom is 0.258 e. The van der Waals surface area contributed by atoms with Crippen LogP contribution in [0.1, 0.15) is 36.7 Å². The Balaban J connectivity index is 1.50. The zero-order valence-electron chi connectivity index (χ0n) is 22.4. The lowest BCUT2D eigenvalue weighted by Crippen LogP contribution is -2.53. The normalized spacial score (nSPS) is 16.1. The minimum atomic E-state index is -0.523. The molecule has 4 rings (SSSR count). The number of carbonyl (C=O) groups is 2. The molecule has 1 unspecified atom stereocenters. The fourth-order valence-electron chi connectivity index (χ4n) is 4.95. The quantitative estimate of drug-likeness (QED) is 0.413. The standard InChI is InChI=1S/C28H36N6O4/c1-5-33-26(29)24(28(37)30-4)25(36)21-10-11-22(32-27(21)33)19-8-6-18(7-9-19)14-23(35)31-15-20-16-38-13-12-34(20)17(2)3/h6-11,17,20H,5,12-16,29H2,1-4H3,(H,30,37)(H,31,35). The molecule has 1 aliphatic rings. The van der Waals surface area contributed by atoms with E-state index in [-0.39, 0.29) is 29.8 Å². The van der Waals surface area contributed by atoms with E-state index in [2.05, 4.69) is 29.4 Å². The SMILES string of the molecule is CCn1c(N)c(C(=O)NC)c(=O)c2ccc(-c3ccc(CC(=O)NCC4COCCN4C(C)C)cc3)nc21. The summed E-state index contributed by atoms with van der Waals surface area (Å²) < 4.78 is 7.27. The topological polar surface area (TPSA) is 132 Å². The van der Waals surface area contributed by atoms with E-state index in [0.717, 1.165) is 24.3 Å². The number of aromatic nitrogens is 2. The van der Waals surface area contributed by atoms with E-state index in [9.17, 15) is 14.4 Å². The van der Waals surface area contributed by atoms with Crippen molar-refractivity contribution in [3.05, 3.63) is 57.7 Å². The second-order valence-corrected chi connectivity index (χ2v) is 9.72. The number of nitrogens with two attached hydrogens (primary N) is 1. The van der Waals surface area contributed by atoms with Crippen LogP contribution < -0.4 is 21.8 Å². The van der Waals surface area contributed by atoms with Crippen LogP contribution in [-0.2, 0) is 22.5 Å². The van der Waals surface area contributed by atoms with Gasteiger partial charge in [0.1, 0.15) is 17.0 Å². The minimum absolute atomic E-state index is 0.0368. The van der Waals surface area contributed by atoms with Gasteiger partial charge in [-0.3, -0.25) is 19.3 Å². The Labute approximate surface area is 222 Å². The molecule has 0 saturated carbocycles. The molecular weight excluding hydrogens is 484 g/mol. The van der Waals surface area contributed by atoms with E-state index >= 15 is 0 Å². The van der Waals surface area contributed by atoms with Crippen molar-refractivity contribution < 1.29 is 14.3 Å². The Morgan fingerprint density at radius 1 is 1.18 bits per heavy atom. The number of fused-ring (bicyclic) bond motifs is 1. The number of benzene rings is 1. The number of amides is 2. The molecule has 0 bridgehead atoms. The van der Waals surface area contributed by atoms with Crippen LogP contribution >= 0.6 is 0 Å². The number of morpholine rings is 1. The number of hydrogen-bond acceptors (Lipinski definition) is 7. The lowest BCUT2D eigenvalue weighted by atomic mass is 10.0. The van der Waals surface area contributed by atoms with Gasteiger partial charge in [-0.2, -0.15) is 0 Å². The summed E-state index contributed by atoms with van der Waals surface area (Å²) in [6.45, 7) is 9.41. The van der Waals surface area contributed by atoms with Crippen LogP contribution in [-0.4, -0.2) is 71.7 Å². The highest BCUT2D eigenvalue weighted by Crippen LogP contribution is 2.23. The fraction of sp³-hybridized carbons (Fsp3) is 0.429. The molecule has 10 heteroatoms. The van der Waals surface area contributed by atoms with Gasteiger partial charge in [0.15, 0.2) is 0 Å². The highest BCUT2D eigenvalue weighted by atomic mass is 16.5. The van der Waals surface area contributed by atoms with Gasteiger partial charge in [0.2, 0.25) is 11.3 Å².